The molecule has 36 heavy (non-hydrogen) atoms. The molecule has 1 fully saturated rings. The van der Waals surface area contributed by atoms with Crippen molar-refractivity contribution in [3.05, 3.63) is 57.4 Å². The molecule has 1 aliphatic heterocycles. The summed E-state index contributed by atoms with van der Waals surface area (Å²) in [5, 5.41) is 24.2. The fourth-order valence-corrected chi connectivity index (χ4v) is 6.42. The molecule has 8 heteroatoms. The van der Waals surface area contributed by atoms with Crippen molar-refractivity contribution in [2.75, 3.05) is 26.7 Å². The number of hydrogen-bond donors (Lipinski definition) is 2. The van der Waals surface area contributed by atoms with E-state index in [2.05, 4.69) is 27.4 Å². The van der Waals surface area contributed by atoms with Gasteiger partial charge in [0.05, 0.1) is 30.2 Å². The van der Waals surface area contributed by atoms with Crippen molar-refractivity contribution in [3.8, 4) is 5.75 Å². The van der Waals surface area contributed by atoms with Gasteiger partial charge in [0.2, 0.25) is 0 Å². The molecule has 3 heterocycles. The van der Waals surface area contributed by atoms with Gasteiger partial charge in [-0.05, 0) is 99.6 Å². The molecule has 3 aromatic rings. The average molecular weight is 531 g/mol. The number of halogens is 1. The summed E-state index contributed by atoms with van der Waals surface area (Å²) < 4.78 is 5.35. The zero-order chi connectivity index (χ0) is 25.5. The Morgan fingerprint density at radius 2 is 2.08 bits per heavy atom. The number of hydrogen-bond acceptors (Lipinski definition) is 6. The lowest BCUT2D eigenvalue weighted by Gasteiger charge is -2.41. The van der Waals surface area contributed by atoms with Gasteiger partial charge in [-0.1, -0.05) is 17.7 Å². The standard InChI is InChI=1S/C28H35ClN2O4S/c1-35-20-7-8-24-22(17-20)27(23(29)19-30-24)25(32)9-10-28(18-26(33)34)11-14-31(15-12-28)13-3-2-5-21-6-4-16-36-21/h4,6-8,16-17,19,25,32H,2-3,5,9-15,18H2,1H3,(H,33,34)/t25-/m1/s1. The lowest BCUT2D eigenvalue weighted by atomic mass is 9.71. The predicted molar refractivity (Wildman–Crippen MR) is 145 cm³/mol. The second kappa shape index (κ2) is 12.4. The van der Waals surface area contributed by atoms with Crippen molar-refractivity contribution in [2.45, 2.75) is 57.5 Å². The van der Waals surface area contributed by atoms with Crippen molar-refractivity contribution < 1.29 is 19.7 Å². The Hall–Kier alpha value is -2.19. The van der Waals surface area contributed by atoms with Crippen molar-refractivity contribution in [2.24, 2.45) is 5.41 Å². The summed E-state index contributed by atoms with van der Waals surface area (Å²) in [5.74, 6) is -0.101. The molecule has 1 saturated heterocycles. The maximum atomic E-state index is 11.8. The first-order valence-electron chi connectivity index (χ1n) is 12.7. The number of thiophene rings is 1. The van der Waals surface area contributed by atoms with Gasteiger partial charge in [-0.3, -0.25) is 9.78 Å². The zero-order valence-corrected chi connectivity index (χ0v) is 22.4. The van der Waals surface area contributed by atoms with E-state index in [1.54, 1.807) is 13.3 Å². The molecule has 2 aromatic heterocycles. The number of rotatable bonds is 12. The summed E-state index contributed by atoms with van der Waals surface area (Å²) in [4.78, 5) is 20.0. The number of aliphatic carboxylic acids is 1. The van der Waals surface area contributed by atoms with Crippen LogP contribution in [-0.4, -0.2) is 52.8 Å². The van der Waals surface area contributed by atoms with E-state index in [-0.39, 0.29) is 11.8 Å². The molecule has 4 rings (SSSR count). The number of piperidine rings is 1. The molecule has 0 unspecified atom stereocenters. The fraction of sp³-hybridized carbons (Fsp3) is 0.500. The number of pyridine rings is 1. The molecule has 1 aromatic carbocycles. The largest absolute Gasteiger partial charge is 0.497 e. The number of benzene rings is 1. The average Bonchev–Trinajstić information content (AvgIpc) is 3.39. The predicted octanol–water partition coefficient (Wildman–Crippen LogP) is 6.35. The molecular formula is C28H35ClN2O4S. The van der Waals surface area contributed by atoms with E-state index >= 15 is 0 Å². The highest BCUT2D eigenvalue weighted by Crippen LogP contribution is 2.43. The fourth-order valence-electron chi connectivity index (χ4n) is 5.40. The summed E-state index contributed by atoms with van der Waals surface area (Å²) >= 11 is 8.30. The molecule has 194 valence electrons. The molecule has 0 spiro atoms. The minimum atomic E-state index is -0.809. The molecule has 2 N–H and O–H groups in total. The van der Waals surface area contributed by atoms with E-state index in [1.807, 2.05) is 29.5 Å². The van der Waals surface area contributed by atoms with Crippen LogP contribution in [0.3, 0.4) is 0 Å². The number of carboxylic acids is 1. The van der Waals surface area contributed by atoms with Crippen LogP contribution in [0.15, 0.2) is 41.9 Å². The number of aryl methyl sites for hydroxylation is 1. The third-order valence-electron chi connectivity index (χ3n) is 7.52. The van der Waals surface area contributed by atoms with Gasteiger partial charge in [0, 0.05) is 22.0 Å². The summed E-state index contributed by atoms with van der Waals surface area (Å²) in [6.45, 7) is 2.86. The minimum absolute atomic E-state index is 0.130. The summed E-state index contributed by atoms with van der Waals surface area (Å²) in [5.41, 5.74) is 1.06. The Kier molecular flexibility index (Phi) is 9.23. The van der Waals surface area contributed by atoms with E-state index in [9.17, 15) is 15.0 Å². The van der Waals surface area contributed by atoms with Crippen molar-refractivity contribution in [1.82, 2.24) is 9.88 Å². The zero-order valence-electron chi connectivity index (χ0n) is 20.8. The van der Waals surface area contributed by atoms with Gasteiger partial charge in [0.1, 0.15) is 5.75 Å². The van der Waals surface area contributed by atoms with Crippen LogP contribution in [0.1, 0.15) is 61.5 Å². The maximum absolute atomic E-state index is 11.8. The highest BCUT2D eigenvalue weighted by molar-refractivity contribution is 7.09. The minimum Gasteiger partial charge on any atom is -0.497 e. The second-order valence-corrected chi connectivity index (χ2v) is 11.3. The number of likely N-dealkylation sites (tertiary alicyclic amines) is 1. The van der Waals surface area contributed by atoms with Crippen molar-refractivity contribution >= 4 is 39.8 Å². The van der Waals surface area contributed by atoms with Gasteiger partial charge in [-0.15, -0.1) is 11.3 Å². The topological polar surface area (TPSA) is 82.9 Å². The quantitative estimate of drug-likeness (QED) is 0.265. The van der Waals surface area contributed by atoms with Gasteiger partial charge < -0.3 is 19.8 Å². The highest BCUT2D eigenvalue weighted by atomic mass is 35.5. The normalized spacial score (nSPS) is 16.8. The number of aromatic nitrogens is 1. The Balaban J connectivity index is 1.37. The van der Waals surface area contributed by atoms with Gasteiger partial charge in [-0.25, -0.2) is 0 Å². The first-order chi connectivity index (χ1) is 17.4. The third kappa shape index (κ3) is 6.76. The lowest BCUT2D eigenvalue weighted by Crippen LogP contribution is -2.41. The van der Waals surface area contributed by atoms with E-state index in [4.69, 9.17) is 16.3 Å². The second-order valence-electron chi connectivity index (χ2n) is 9.91. The van der Waals surface area contributed by atoms with Gasteiger partial charge >= 0.3 is 5.97 Å². The number of fused-ring (bicyclic) bond motifs is 1. The molecule has 0 saturated carbocycles. The van der Waals surface area contributed by atoms with E-state index in [1.165, 1.54) is 11.3 Å². The molecule has 0 radical (unpaired) electrons. The van der Waals surface area contributed by atoms with Crippen molar-refractivity contribution in [1.29, 1.82) is 0 Å². The summed E-state index contributed by atoms with van der Waals surface area (Å²) in [7, 11) is 1.60. The van der Waals surface area contributed by atoms with Gasteiger partial charge in [-0.2, -0.15) is 0 Å². The SMILES string of the molecule is COc1ccc2ncc(Cl)c([C@H](O)CCC3(CC(=O)O)CCN(CCCCc4cccs4)CC3)c2c1. The van der Waals surface area contributed by atoms with Crippen LogP contribution < -0.4 is 4.74 Å². The number of aliphatic hydroxyl groups is 1. The van der Waals surface area contributed by atoms with E-state index in [0.717, 1.165) is 56.2 Å². The maximum Gasteiger partial charge on any atom is 0.303 e. The number of carbonyl (C=O) groups is 1. The van der Waals surface area contributed by atoms with Crippen LogP contribution in [0.2, 0.25) is 5.02 Å². The van der Waals surface area contributed by atoms with Crippen LogP contribution in [0.4, 0.5) is 0 Å². The number of methoxy groups -OCH3 is 1. The van der Waals surface area contributed by atoms with Gasteiger partial charge in [0.25, 0.3) is 0 Å². The van der Waals surface area contributed by atoms with Crippen LogP contribution in [0.25, 0.3) is 10.9 Å². The summed E-state index contributed by atoms with van der Waals surface area (Å²) in [6, 6.07) is 9.82. The molecule has 0 amide bonds. The van der Waals surface area contributed by atoms with E-state index < -0.39 is 12.1 Å². The van der Waals surface area contributed by atoms with Crippen LogP contribution in [-0.2, 0) is 11.2 Å². The number of ether oxygens (including phenoxy) is 1. The monoisotopic (exact) mass is 530 g/mol. The van der Waals surface area contributed by atoms with E-state index in [0.29, 0.717) is 29.2 Å². The third-order valence-corrected chi connectivity index (χ3v) is 8.76. The highest BCUT2D eigenvalue weighted by Gasteiger charge is 2.37. The van der Waals surface area contributed by atoms with Crippen molar-refractivity contribution in [3.63, 3.8) is 0 Å². The summed E-state index contributed by atoms with van der Waals surface area (Å²) in [6.07, 6.45) is 7.09. The van der Waals surface area contributed by atoms with Crippen LogP contribution >= 0.6 is 22.9 Å². The number of carboxylic acid groups (broad SMARTS) is 1. The Bertz CT molecular complexity index is 1150. The molecule has 1 atom stereocenters. The number of unbranched alkanes of at least 4 members (excludes halogenated alkanes) is 1. The Labute approximate surface area is 221 Å². The Morgan fingerprint density at radius 1 is 1.28 bits per heavy atom. The van der Waals surface area contributed by atoms with Crippen LogP contribution in [0, 0.1) is 5.41 Å². The van der Waals surface area contributed by atoms with Gasteiger partial charge in [0.15, 0.2) is 0 Å². The number of nitrogens with zero attached hydrogens (tertiary/aromatic N) is 2. The molecule has 0 bridgehead atoms. The molecule has 0 aliphatic carbocycles. The molecule has 6 nitrogen and oxygen atoms in total. The number of aliphatic hydroxyl groups excluding tert-OH is 1. The molecule has 1 aliphatic rings. The first-order valence-corrected chi connectivity index (χ1v) is 13.9. The Morgan fingerprint density at radius 3 is 2.78 bits per heavy atom. The van der Waals surface area contributed by atoms with Crippen LogP contribution in [0.5, 0.6) is 5.75 Å². The lowest BCUT2D eigenvalue weighted by molar-refractivity contribution is -0.141. The smallest absolute Gasteiger partial charge is 0.303 e. The first kappa shape index (κ1) is 26.9. The molecular weight excluding hydrogens is 496 g/mol.